The smallest absolute Gasteiger partial charge is 0.415 e. The first-order valence-corrected chi connectivity index (χ1v) is 16.1. The third kappa shape index (κ3) is 6.83. The second-order valence-corrected chi connectivity index (χ2v) is 12.7. The molecule has 5 rings (SSSR count). The van der Waals surface area contributed by atoms with E-state index in [9.17, 15) is 22.8 Å². The van der Waals surface area contributed by atoms with Crippen molar-refractivity contribution in [1.82, 2.24) is 18.8 Å². The minimum atomic E-state index is -3.96. The molecule has 45 heavy (non-hydrogen) atoms. The second-order valence-electron chi connectivity index (χ2n) is 10.8. The summed E-state index contributed by atoms with van der Waals surface area (Å²) in [6.07, 6.45) is 1.94. The molecule has 2 aromatic carbocycles. The van der Waals surface area contributed by atoms with Crippen LogP contribution < -0.4 is 4.90 Å². The van der Waals surface area contributed by atoms with E-state index in [1.165, 1.54) is 35.5 Å². The van der Waals surface area contributed by atoms with Gasteiger partial charge in [-0.05, 0) is 43.5 Å². The number of ether oxygens (including phenoxy) is 2. The summed E-state index contributed by atoms with van der Waals surface area (Å²) >= 11 is 0. The van der Waals surface area contributed by atoms with Crippen molar-refractivity contribution in [2.75, 3.05) is 31.1 Å². The number of hydrogen-bond donors (Lipinski definition) is 0. The maximum atomic E-state index is 13.7. The normalized spacial score (nSPS) is 16.5. The molecule has 4 aromatic rings. The van der Waals surface area contributed by atoms with Crippen LogP contribution in [0.1, 0.15) is 31.4 Å². The first-order chi connectivity index (χ1) is 21.6. The van der Waals surface area contributed by atoms with E-state index in [0.717, 1.165) is 20.0 Å². The van der Waals surface area contributed by atoms with E-state index >= 15 is 0 Å². The van der Waals surface area contributed by atoms with Crippen LogP contribution in [0.3, 0.4) is 0 Å². The van der Waals surface area contributed by atoms with Gasteiger partial charge in [0.15, 0.2) is 17.2 Å². The van der Waals surface area contributed by atoms with Crippen LogP contribution in [0.2, 0.25) is 0 Å². The number of nitrogens with zero attached hydrogens (tertiary/aromatic N) is 5. The number of ketones is 1. The van der Waals surface area contributed by atoms with E-state index in [-0.39, 0.29) is 59.9 Å². The highest BCUT2D eigenvalue weighted by atomic mass is 32.2. The predicted octanol–water partition coefficient (Wildman–Crippen LogP) is 4.80. The monoisotopic (exact) mass is 633 g/mol. The quantitative estimate of drug-likeness (QED) is 0.241. The lowest BCUT2D eigenvalue weighted by Crippen LogP contribution is -2.41. The fourth-order valence-corrected chi connectivity index (χ4v) is 6.65. The van der Waals surface area contributed by atoms with Crippen molar-refractivity contribution in [1.29, 1.82) is 0 Å². The summed E-state index contributed by atoms with van der Waals surface area (Å²) in [5, 5.41) is 0. The van der Waals surface area contributed by atoms with Crippen LogP contribution in [-0.4, -0.2) is 71.5 Å². The largest absolute Gasteiger partial charge is 0.449 e. The summed E-state index contributed by atoms with van der Waals surface area (Å²) in [4.78, 5) is 51.1. The van der Waals surface area contributed by atoms with E-state index in [2.05, 4.69) is 9.97 Å². The molecule has 0 N–H and O–H groups in total. The molecule has 12 nitrogen and oxygen atoms in total. The zero-order valence-electron chi connectivity index (χ0n) is 25.3. The fourth-order valence-electron chi connectivity index (χ4n) is 5.35. The molecule has 2 amide bonds. The molecule has 0 spiro atoms. The van der Waals surface area contributed by atoms with Crippen LogP contribution in [0.15, 0.2) is 78.0 Å². The summed E-state index contributed by atoms with van der Waals surface area (Å²) in [6, 6.07) is 17.2. The molecule has 2 atom stereocenters. The van der Waals surface area contributed by atoms with E-state index < -0.39 is 28.1 Å². The van der Waals surface area contributed by atoms with Gasteiger partial charge in [-0.2, -0.15) is 0 Å². The topological polar surface area (TPSA) is 141 Å². The summed E-state index contributed by atoms with van der Waals surface area (Å²) in [5.74, 6) is -0.895. The molecule has 0 saturated carbocycles. The maximum absolute atomic E-state index is 13.7. The van der Waals surface area contributed by atoms with Gasteiger partial charge in [0, 0.05) is 25.2 Å². The number of benzene rings is 2. The van der Waals surface area contributed by atoms with Gasteiger partial charge in [-0.25, -0.2) is 31.9 Å². The van der Waals surface area contributed by atoms with Gasteiger partial charge < -0.3 is 14.4 Å². The molecule has 1 aliphatic heterocycles. The number of aromatic nitrogens is 3. The Morgan fingerprint density at radius 1 is 0.978 bits per heavy atom. The van der Waals surface area contributed by atoms with Crippen LogP contribution in [0.25, 0.3) is 11.2 Å². The van der Waals surface area contributed by atoms with Crippen LogP contribution in [0, 0.1) is 18.8 Å². The number of fused-ring (bicyclic) bond motifs is 1. The molecule has 236 valence electrons. The number of hydrogen-bond acceptors (Lipinski definition) is 9. The molecule has 3 heterocycles. The van der Waals surface area contributed by atoms with Gasteiger partial charge in [0.1, 0.15) is 12.1 Å². The Morgan fingerprint density at radius 3 is 2.40 bits per heavy atom. The van der Waals surface area contributed by atoms with Crippen molar-refractivity contribution in [2.24, 2.45) is 11.8 Å². The van der Waals surface area contributed by atoms with Crippen molar-refractivity contribution in [3.05, 3.63) is 84.2 Å². The third-order valence-electron chi connectivity index (χ3n) is 7.84. The minimum absolute atomic E-state index is 0.0324. The summed E-state index contributed by atoms with van der Waals surface area (Å²) in [5.41, 5.74) is 2.06. The molecule has 0 radical (unpaired) electrons. The Morgan fingerprint density at radius 2 is 1.71 bits per heavy atom. The van der Waals surface area contributed by atoms with Gasteiger partial charge in [-0.3, -0.25) is 9.69 Å². The van der Waals surface area contributed by atoms with Crippen molar-refractivity contribution in [3.63, 3.8) is 0 Å². The predicted molar refractivity (Wildman–Crippen MR) is 166 cm³/mol. The van der Waals surface area contributed by atoms with Gasteiger partial charge in [-0.1, -0.05) is 61.4 Å². The second kappa shape index (κ2) is 13.5. The fraction of sp³-hybridized carbons (Fsp3) is 0.344. The lowest BCUT2D eigenvalue weighted by Gasteiger charge is -2.23. The summed E-state index contributed by atoms with van der Waals surface area (Å²) in [6.45, 7) is 5.79. The number of carbonyl (C=O) groups is 3. The van der Waals surface area contributed by atoms with Gasteiger partial charge in [0.05, 0.1) is 24.2 Å². The number of anilines is 1. The lowest BCUT2D eigenvalue weighted by molar-refractivity contribution is -0.122. The van der Waals surface area contributed by atoms with Crippen molar-refractivity contribution >= 4 is 45.0 Å². The number of rotatable bonds is 10. The third-order valence-corrected chi connectivity index (χ3v) is 9.52. The van der Waals surface area contributed by atoms with Crippen molar-refractivity contribution in [3.8, 4) is 0 Å². The highest BCUT2D eigenvalue weighted by molar-refractivity contribution is 7.90. The zero-order chi connectivity index (χ0) is 32.1. The Kier molecular flexibility index (Phi) is 9.47. The average molecular weight is 634 g/mol. The molecule has 2 aromatic heterocycles. The standard InChI is InChI=1S/C32H35N5O7S/c1-4-24-18-35(31(39)44-21-23-9-7-6-8-10-23)19-26(24)28(38)20-36(32(40)43-5-2)29-17-33-30-27(34-29)15-16-37(30)45(41,42)25-13-11-22(3)12-14-25/h6-17,24,26H,4-5,18-21H2,1-3H3/t24-,26+/m1/s1. The van der Waals surface area contributed by atoms with Gasteiger partial charge >= 0.3 is 12.2 Å². The molecule has 1 aliphatic rings. The molecule has 0 aliphatic carbocycles. The molecule has 0 bridgehead atoms. The van der Waals surface area contributed by atoms with Crippen molar-refractivity contribution in [2.45, 2.75) is 38.7 Å². The minimum Gasteiger partial charge on any atom is -0.449 e. The SMILES string of the molecule is CCOC(=O)N(CC(=O)[C@H]1CN(C(=O)OCc2ccccc2)C[C@H]1CC)c1cnc2c(ccn2S(=O)(=O)c2ccc(C)cc2)n1. The van der Waals surface area contributed by atoms with E-state index in [4.69, 9.17) is 9.47 Å². The molecule has 1 saturated heterocycles. The van der Waals surface area contributed by atoms with Gasteiger partial charge in [0.25, 0.3) is 10.0 Å². The Hall–Kier alpha value is -4.78. The molecule has 13 heteroatoms. The van der Waals surface area contributed by atoms with Gasteiger partial charge in [0.2, 0.25) is 0 Å². The summed E-state index contributed by atoms with van der Waals surface area (Å²) < 4.78 is 38.3. The summed E-state index contributed by atoms with van der Waals surface area (Å²) in [7, 11) is -3.96. The Labute approximate surface area is 261 Å². The maximum Gasteiger partial charge on any atom is 0.415 e. The first-order valence-electron chi connectivity index (χ1n) is 14.7. The number of aryl methyl sites for hydroxylation is 1. The van der Waals surface area contributed by atoms with E-state index in [1.807, 2.05) is 44.2 Å². The first kappa shape index (κ1) is 31.6. The number of amides is 2. The van der Waals surface area contributed by atoms with Crippen LogP contribution >= 0.6 is 0 Å². The molecule has 0 unspecified atom stereocenters. The highest BCUT2D eigenvalue weighted by Gasteiger charge is 2.40. The highest BCUT2D eigenvalue weighted by Crippen LogP contribution is 2.29. The zero-order valence-corrected chi connectivity index (χ0v) is 26.1. The Bertz CT molecular complexity index is 1790. The van der Waals surface area contributed by atoms with Crippen LogP contribution in [0.4, 0.5) is 15.4 Å². The van der Waals surface area contributed by atoms with E-state index in [0.29, 0.717) is 13.0 Å². The van der Waals surface area contributed by atoms with E-state index in [1.54, 1.807) is 19.1 Å². The number of Topliss-reactive ketones (excluding diaryl/α,β-unsaturated/α-hetero) is 1. The number of carbonyl (C=O) groups excluding carboxylic acids is 3. The average Bonchev–Trinajstić information content (AvgIpc) is 3.68. The van der Waals surface area contributed by atoms with Crippen LogP contribution in [-0.2, 0) is 30.9 Å². The molecular weight excluding hydrogens is 598 g/mol. The van der Waals surface area contributed by atoms with Gasteiger partial charge in [-0.15, -0.1) is 0 Å². The molecule has 1 fully saturated rings. The molecular formula is C32H35N5O7S. The van der Waals surface area contributed by atoms with Crippen molar-refractivity contribution < 1.29 is 32.3 Å². The Balaban J connectivity index is 1.34. The number of likely N-dealkylation sites (tertiary alicyclic amines) is 1. The van der Waals surface area contributed by atoms with Crippen LogP contribution in [0.5, 0.6) is 0 Å². The lowest BCUT2D eigenvalue weighted by atomic mass is 9.90.